The molecule has 0 spiro atoms. The van der Waals surface area contributed by atoms with Crippen LogP contribution in [-0.2, 0) is 0 Å². The Labute approximate surface area is 97.3 Å². The van der Waals surface area contributed by atoms with Crippen molar-refractivity contribution < 1.29 is 9.90 Å². The SMILES string of the molecule is O=C(Nc1ccccn1)Nc1ncccc1O. The van der Waals surface area contributed by atoms with Crippen molar-refractivity contribution in [2.75, 3.05) is 10.6 Å². The lowest BCUT2D eigenvalue weighted by Gasteiger charge is -2.06. The lowest BCUT2D eigenvalue weighted by molar-refractivity contribution is 0.262. The average Bonchev–Trinajstić information content (AvgIpc) is 2.33. The van der Waals surface area contributed by atoms with Crippen LogP contribution in [0.4, 0.5) is 16.4 Å². The number of nitrogens with one attached hydrogen (secondary N) is 2. The monoisotopic (exact) mass is 230 g/mol. The van der Waals surface area contributed by atoms with Crippen molar-refractivity contribution in [2.45, 2.75) is 0 Å². The van der Waals surface area contributed by atoms with Gasteiger partial charge < -0.3 is 5.11 Å². The van der Waals surface area contributed by atoms with Crippen LogP contribution in [0.15, 0.2) is 42.7 Å². The zero-order valence-electron chi connectivity index (χ0n) is 8.79. The predicted molar refractivity (Wildman–Crippen MR) is 62.8 cm³/mol. The maximum absolute atomic E-state index is 11.5. The van der Waals surface area contributed by atoms with Gasteiger partial charge in [0.2, 0.25) is 0 Å². The summed E-state index contributed by atoms with van der Waals surface area (Å²) in [6.45, 7) is 0. The molecule has 0 atom stereocenters. The molecule has 2 rings (SSSR count). The van der Waals surface area contributed by atoms with Gasteiger partial charge >= 0.3 is 6.03 Å². The number of rotatable bonds is 2. The molecular weight excluding hydrogens is 220 g/mol. The first kappa shape index (κ1) is 10.9. The molecule has 0 aliphatic rings. The van der Waals surface area contributed by atoms with Gasteiger partial charge in [-0.05, 0) is 24.3 Å². The van der Waals surface area contributed by atoms with E-state index < -0.39 is 6.03 Å². The van der Waals surface area contributed by atoms with Crippen molar-refractivity contribution in [1.82, 2.24) is 9.97 Å². The smallest absolute Gasteiger partial charge is 0.326 e. The van der Waals surface area contributed by atoms with Gasteiger partial charge in [0.1, 0.15) is 5.82 Å². The zero-order chi connectivity index (χ0) is 12.1. The first-order chi connectivity index (χ1) is 8.25. The molecule has 17 heavy (non-hydrogen) atoms. The maximum atomic E-state index is 11.5. The minimum atomic E-state index is -0.516. The van der Waals surface area contributed by atoms with Gasteiger partial charge in [0, 0.05) is 12.4 Å². The molecule has 0 aromatic carbocycles. The van der Waals surface area contributed by atoms with E-state index in [1.54, 1.807) is 30.5 Å². The normalized spacial score (nSPS) is 9.65. The van der Waals surface area contributed by atoms with Crippen molar-refractivity contribution in [3.63, 3.8) is 0 Å². The summed E-state index contributed by atoms with van der Waals surface area (Å²) >= 11 is 0. The molecule has 0 radical (unpaired) electrons. The van der Waals surface area contributed by atoms with E-state index in [-0.39, 0.29) is 11.6 Å². The second-order valence-electron chi connectivity index (χ2n) is 3.17. The Kier molecular flexibility index (Phi) is 3.15. The Hall–Kier alpha value is -2.63. The molecule has 0 aliphatic heterocycles. The first-order valence-electron chi connectivity index (χ1n) is 4.89. The minimum Gasteiger partial charge on any atom is -0.504 e. The average molecular weight is 230 g/mol. The highest BCUT2D eigenvalue weighted by Crippen LogP contribution is 2.18. The summed E-state index contributed by atoms with van der Waals surface area (Å²) in [5.74, 6) is 0.421. The van der Waals surface area contributed by atoms with Crippen LogP contribution in [0.2, 0.25) is 0 Å². The first-order valence-corrected chi connectivity index (χ1v) is 4.89. The standard InChI is InChI=1S/C11H10N4O2/c16-8-4-3-7-13-10(8)15-11(17)14-9-5-1-2-6-12-9/h1-7,16H,(H2,12,13,14,15,17). The molecule has 0 saturated heterocycles. The zero-order valence-corrected chi connectivity index (χ0v) is 8.79. The summed E-state index contributed by atoms with van der Waals surface area (Å²) in [7, 11) is 0. The largest absolute Gasteiger partial charge is 0.504 e. The molecule has 0 unspecified atom stereocenters. The fraction of sp³-hybridized carbons (Fsp3) is 0. The van der Waals surface area contributed by atoms with Crippen molar-refractivity contribution in [2.24, 2.45) is 0 Å². The number of carbonyl (C=O) groups is 1. The van der Waals surface area contributed by atoms with Crippen molar-refractivity contribution in [3.8, 4) is 5.75 Å². The summed E-state index contributed by atoms with van der Waals surface area (Å²) in [5.41, 5.74) is 0. The summed E-state index contributed by atoms with van der Waals surface area (Å²) < 4.78 is 0. The second kappa shape index (κ2) is 4.93. The quantitative estimate of drug-likeness (QED) is 0.734. The van der Waals surface area contributed by atoms with Crippen LogP contribution in [0.5, 0.6) is 5.75 Å². The summed E-state index contributed by atoms with van der Waals surface area (Å²) in [6, 6.07) is 7.63. The fourth-order valence-electron chi connectivity index (χ4n) is 1.18. The lowest BCUT2D eigenvalue weighted by Crippen LogP contribution is -2.20. The van der Waals surface area contributed by atoms with Gasteiger partial charge in [-0.25, -0.2) is 14.8 Å². The van der Waals surface area contributed by atoms with Crippen LogP contribution >= 0.6 is 0 Å². The number of aromatic hydroxyl groups is 1. The van der Waals surface area contributed by atoms with Crippen LogP contribution < -0.4 is 10.6 Å². The number of aromatic nitrogens is 2. The molecule has 86 valence electrons. The van der Waals surface area contributed by atoms with Crippen molar-refractivity contribution in [1.29, 1.82) is 0 Å². The van der Waals surface area contributed by atoms with Gasteiger partial charge in [0.25, 0.3) is 0 Å². The van der Waals surface area contributed by atoms with Gasteiger partial charge in [-0.15, -0.1) is 0 Å². The number of amides is 2. The Morgan fingerprint density at radius 2 is 1.88 bits per heavy atom. The third-order valence-electron chi connectivity index (χ3n) is 1.92. The second-order valence-corrected chi connectivity index (χ2v) is 3.17. The number of urea groups is 1. The van der Waals surface area contributed by atoms with E-state index in [0.29, 0.717) is 5.82 Å². The van der Waals surface area contributed by atoms with E-state index in [0.717, 1.165) is 0 Å². The van der Waals surface area contributed by atoms with Crippen LogP contribution in [0.1, 0.15) is 0 Å². The van der Waals surface area contributed by atoms with Crippen LogP contribution in [-0.4, -0.2) is 21.1 Å². The highest BCUT2D eigenvalue weighted by Gasteiger charge is 2.06. The Balaban J connectivity index is 2.01. The van der Waals surface area contributed by atoms with Crippen LogP contribution in [0.3, 0.4) is 0 Å². The Morgan fingerprint density at radius 3 is 2.59 bits per heavy atom. The topological polar surface area (TPSA) is 87.1 Å². The van der Waals surface area contributed by atoms with Gasteiger partial charge in [-0.2, -0.15) is 0 Å². The van der Waals surface area contributed by atoms with Gasteiger partial charge in [0.05, 0.1) is 0 Å². The van der Waals surface area contributed by atoms with E-state index in [1.165, 1.54) is 12.3 Å². The Bertz CT molecular complexity index is 516. The minimum absolute atomic E-state index is 0.0938. The molecule has 6 heteroatoms. The highest BCUT2D eigenvalue weighted by atomic mass is 16.3. The van der Waals surface area contributed by atoms with Crippen molar-refractivity contribution in [3.05, 3.63) is 42.7 Å². The number of carbonyl (C=O) groups excluding carboxylic acids is 1. The van der Waals surface area contributed by atoms with E-state index in [4.69, 9.17) is 0 Å². The summed E-state index contributed by atoms with van der Waals surface area (Å²) in [4.78, 5) is 19.3. The Morgan fingerprint density at radius 1 is 1.06 bits per heavy atom. The third kappa shape index (κ3) is 2.91. The molecule has 0 aliphatic carbocycles. The van der Waals surface area contributed by atoms with E-state index in [1.807, 2.05) is 0 Å². The summed E-state index contributed by atoms with van der Waals surface area (Å²) in [5, 5.41) is 14.3. The molecule has 3 N–H and O–H groups in total. The van der Waals surface area contributed by atoms with E-state index in [2.05, 4.69) is 20.6 Å². The van der Waals surface area contributed by atoms with Crippen LogP contribution in [0.25, 0.3) is 0 Å². The van der Waals surface area contributed by atoms with Gasteiger partial charge in [-0.3, -0.25) is 10.6 Å². The van der Waals surface area contributed by atoms with E-state index >= 15 is 0 Å². The number of pyridine rings is 2. The number of anilines is 2. The van der Waals surface area contributed by atoms with Gasteiger partial charge in [-0.1, -0.05) is 6.07 Å². The van der Waals surface area contributed by atoms with Gasteiger partial charge in [0.15, 0.2) is 11.6 Å². The molecule has 2 amide bonds. The number of nitrogens with zero attached hydrogens (tertiary/aromatic N) is 2. The number of hydrogen-bond donors (Lipinski definition) is 3. The molecule has 2 heterocycles. The molecule has 6 nitrogen and oxygen atoms in total. The predicted octanol–water partition coefficient (Wildman–Crippen LogP) is 1.83. The third-order valence-corrected chi connectivity index (χ3v) is 1.92. The molecule has 0 saturated carbocycles. The number of hydrogen-bond acceptors (Lipinski definition) is 4. The summed E-state index contributed by atoms with van der Waals surface area (Å²) in [6.07, 6.45) is 3.03. The van der Waals surface area contributed by atoms with Crippen LogP contribution in [0, 0.1) is 0 Å². The molecule has 2 aromatic rings. The highest BCUT2D eigenvalue weighted by molar-refractivity contribution is 5.99. The molecule has 0 bridgehead atoms. The lowest BCUT2D eigenvalue weighted by atomic mass is 10.4. The van der Waals surface area contributed by atoms with E-state index in [9.17, 15) is 9.90 Å². The molecular formula is C11H10N4O2. The van der Waals surface area contributed by atoms with Crippen molar-refractivity contribution >= 4 is 17.7 Å². The fourth-order valence-corrected chi connectivity index (χ4v) is 1.18. The molecule has 0 fully saturated rings. The molecule has 2 aromatic heterocycles. The maximum Gasteiger partial charge on any atom is 0.326 e.